The summed E-state index contributed by atoms with van der Waals surface area (Å²) in [7, 11) is 0. The summed E-state index contributed by atoms with van der Waals surface area (Å²) in [5.41, 5.74) is 4.83. The molecule has 7 heavy (non-hydrogen) atoms. The predicted molar refractivity (Wildman–Crippen MR) is 25.4 cm³/mol. The largest absolute Gasteiger partial charge is 0.351 e. The standard InChI is InChI=1S/C4H6N2O/c5-4(7)6-2-1-3-6/h1-2H,3H2,(H2,5,7). The maximum absolute atomic E-state index is 10.1. The van der Waals surface area contributed by atoms with Crippen LogP contribution in [0, 0.1) is 0 Å². The molecule has 0 aromatic carbocycles. The van der Waals surface area contributed by atoms with E-state index in [1.165, 1.54) is 4.90 Å². The van der Waals surface area contributed by atoms with Crippen molar-refractivity contribution >= 4 is 6.03 Å². The van der Waals surface area contributed by atoms with E-state index >= 15 is 0 Å². The van der Waals surface area contributed by atoms with E-state index < -0.39 is 0 Å². The summed E-state index contributed by atoms with van der Waals surface area (Å²) < 4.78 is 0. The first-order valence-electron chi connectivity index (χ1n) is 2.03. The van der Waals surface area contributed by atoms with Crippen LogP contribution in [0.15, 0.2) is 12.3 Å². The molecule has 3 heteroatoms. The number of carbonyl (C=O) groups excluding carboxylic acids is 1. The fraction of sp³-hybridized carbons (Fsp3) is 0.250. The van der Waals surface area contributed by atoms with E-state index in [2.05, 4.69) is 0 Å². The summed E-state index contributed by atoms with van der Waals surface area (Å²) in [6.07, 6.45) is 3.52. The molecular formula is C4H6N2O. The number of urea groups is 1. The van der Waals surface area contributed by atoms with Crippen molar-refractivity contribution < 1.29 is 4.79 Å². The van der Waals surface area contributed by atoms with E-state index in [1.807, 2.05) is 6.08 Å². The quantitative estimate of drug-likeness (QED) is 0.451. The van der Waals surface area contributed by atoms with Crippen molar-refractivity contribution in [3.63, 3.8) is 0 Å². The van der Waals surface area contributed by atoms with Crippen LogP contribution < -0.4 is 5.73 Å². The van der Waals surface area contributed by atoms with Gasteiger partial charge < -0.3 is 5.73 Å². The smallest absolute Gasteiger partial charge is 0.319 e. The number of hydrogen-bond donors (Lipinski definition) is 1. The van der Waals surface area contributed by atoms with E-state index in [4.69, 9.17) is 5.73 Å². The molecule has 1 rings (SSSR count). The van der Waals surface area contributed by atoms with Crippen molar-refractivity contribution in [3.8, 4) is 0 Å². The van der Waals surface area contributed by atoms with Gasteiger partial charge in [-0.25, -0.2) is 4.79 Å². The molecule has 0 fully saturated rings. The Kier molecular flexibility index (Phi) is 0.749. The van der Waals surface area contributed by atoms with E-state index in [0.717, 1.165) is 0 Å². The van der Waals surface area contributed by atoms with Crippen molar-refractivity contribution in [2.24, 2.45) is 5.73 Å². The Morgan fingerprint density at radius 1 is 1.86 bits per heavy atom. The Morgan fingerprint density at radius 3 is 2.43 bits per heavy atom. The third-order valence-electron chi connectivity index (χ3n) is 0.871. The molecule has 0 aromatic heterocycles. The molecule has 0 aromatic rings. The van der Waals surface area contributed by atoms with Crippen LogP contribution in [0.3, 0.4) is 0 Å². The minimum atomic E-state index is -0.373. The van der Waals surface area contributed by atoms with Gasteiger partial charge in [0.25, 0.3) is 0 Å². The molecule has 2 amide bonds. The van der Waals surface area contributed by atoms with Gasteiger partial charge in [0, 0.05) is 12.7 Å². The van der Waals surface area contributed by atoms with Crippen LogP contribution in [0.2, 0.25) is 0 Å². The van der Waals surface area contributed by atoms with Gasteiger partial charge in [0.2, 0.25) is 0 Å². The molecular weight excluding hydrogens is 92.1 g/mol. The van der Waals surface area contributed by atoms with E-state index in [-0.39, 0.29) is 6.03 Å². The van der Waals surface area contributed by atoms with E-state index in [9.17, 15) is 4.79 Å². The lowest BCUT2D eigenvalue weighted by atomic mass is 10.4. The lowest BCUT2D eigenvalue weighted by molar-refractivity contribution is 0.224. The maximum atomic E-state index is 10.1. The maximum Gasteiger partial charge on any atom is 0.319 e. The second kappa shape index (κ2) is 1.26. The number of primary amides is 1. The van der Waals surface area contributed by atoms with Crippen molar-refractivity contribution in [3.05, 3.63) is 12.3 Å². The summed E-state index contributed by atoms with van der Waals surface area (Å²) in [5.74, 6) is 0. The van der Waals surface area contributed by atoms with Gasteiger partial charge in [0.05, 0.1) is 0 Å². The Morgan fingerprint density at radius 2 is 2.43 bits per heavy atom. The zero-order chi connectivity index (χ0) is 5.28. The highest BCUT2D eigenvalue weighted by atomic mass is 16.2. The highest BCUT2D eigenvalue weighted by molar-refractivity contribution is 5.74. The zero-order valence-corrected chi connectivity index (χ0v) is 3.79. The van der Waals surface area contributed by atoms with Crippen LogP contribution in [-0.2, 0) is 0 Å². The summed E-state index contributed by atoms with van der Waals surface area (Å²) in [6.45, 7) is 0.676. The topological polar surface area (TPSA) is 46.3 Å². The summed E-state index contributed by atoms with van der Waals surface area (Å²) >= 11 is 0. The van der Waals surface area contributed by atoms with Crippen LogP contribution in [0.25, 0.3) is 0 Å². The minimum absolute atomic E-state index is 0.373. The van der Waals surface area contributed by atoms with Crippen molar-refractivity contribution in [2.75, 3.05) is 6.54 Å². The molecule has 38 valence electrons. The molecule has 0 bridgehead atoms. The molecule has 0 saturated heterocycles. The van der Waals surface area contributed by atoms with Crippen LogP contribution in [-0.4, -0.2) is 17.5 Å². The van der Waals surface area contributed by atoms with Gasteiger partial charge in [-0.05, 0) is 6.08 Å². The van der Waals surface area contributed by atoms with E-state index in [1.54, 1.807) is 6.20 Å². The van der Waals surface area contributed by atoms with Crippen molar-refractivity contribution in [2.45, 2.75) is 0 Å². The molecule has 1 aliphatic rings. The Hall–Kier alpha value is -0.990. The highest BCUT2D eigenvalue weighted by Gasteiger charge is 2.08. The molecule has 3 nitrogen and oxygen atoms in total. The van der Waals surface area contributed by atoms with Gasteiger partial charge in [0.15, 0.2) is 0 Å². The predicted octanol–water partition coefficient (Wildman–Crippen LogP) is -0.106. The molecule has 2 N–H and O–H groups in total. The highest BCUT2D eigenvalue weighted by Crippen LogP contribution is 1.98. The van der Waals surface area contributed by atoms with Gasteiger partial charge >= 0.3 is 6.03 Å². The summed E-state index contributed by atoms with van der Waals surface area (Å²) in [5, 5.41) is 0. The molecule has 0 radical (unpaired) electrons. The molecule has 1 aliphatic heterocycles. The Balaban J connectivity index is 2.44. The van der Waals surface area contributed by atoms with Gasteiger partial charge in [0.1, 0.15) is 0 Å². The van der Waals surface area contributed by atoms with Gasteiger partial charge in [-0.3, -0.25) is 4.90 Å². The molecule has 1 heterocycles. The minimum Gasteiger partial charge on any atom is -0.351 e. The summed E-state index contributed by atoms with van der Waals surface area (Å²) in [4.78, 5) is 11.5. The van der Waals surface area contributed by atoms with Crippen LogP contribution in [0.5, 0.6) is 0 Å². The number of nitrogens with zero attached hydrogens (tertiary/aromatic N) is 1. The van der Waals surface area contributed by atoms with Crippen molar-refractivity contribution in [1.82, 2.24) is 4.90 Å². The molecule has 0 aliphatic carbocycles. The number of hydrogen-bond acceptors (Lipinski definition) is 1. The SMILES string of the molecule is NC(=O)N1C=CC1. The summed E-state index contributed by atoms with van der Waals surface area (Å²) in [6, 6.07) is -0.373. The van der Waals surface area contributed by atoms with Gasteiger partial charge in [-0.15, -0.1) is 0 Å². The van der Waals surface area contributed by atoms with E-state index in [0.29, 0.717) is 6.54 Å². The first-order chi connectivity index (χ1) is 3.30. The second-order valence-electron chi connectivity index (χ2n) is 1.38. The van der Waals surface area contributed by atoms with Crippen LogP contribution >= 0.6 is 0 Å². The second-order valence-corrected chi connectivity index (χ2v) is 1.38. The molecule has 0 spiro atoms. The average molecular weight is 98.1 g/mol. The average Bonchev–Trinajstić information content (AvgIpc) is 1.23. The third-order valence-corrected chi connectivity index (χ3v) is 0.871. The fourth-order valence-corrected chi connectivity index (χ4v) is 0.374. The van der Waals surface area contributed by atoms with Gasteiger partial charge in [-0.2, -0.15) is 0 Å². The number of amides is 2. The molecule has 0 atom stereocenters. The normalized spacial score (nSPS) is 16.3. The monoisotopic (exact) mass is 98.0 g/mol. The molecule has 0 saturated carbocycles. The van der Waals surface area contributed by atoms with Crippen molar-refractivity contribution in [1.29, 1.82) is 0 Å². The number of carbonyl (C=O) groups is 1. The van der Waals surface area contributed by atoms with Gasteiger partial charge in [-0.1, -0.05) is 0 Å². The van der Waals surface area contributed by atoms with Crippen LogP contribution in [0.1, 0.15) is 0 Å². The lowest BCUT2D eigenvalue weighted by Crippen LogP contribution is -2.35. The lowest BCUT2D eigenvalue weighted by Gasteiger charge is -2.19. The van der Waals surface area contributed by atoms with Crippen LogP contribution in [0.4, 0.5) is 4.79 Å². The fourth-order valence-electron chi connectivity index (χ4n) is 0.374. The first kappa shape index (κ1) is 4.18. The number of rotatable bonds is 0. The third kappa shape index (κ3) is 0.559. The Bertz CT molecular complexity index is 119. The number of nitrogens with two attached hydrogens (primary N) is 1. The zero-order valence-electron chi connectivity index (χ0n) is 3.79. The Labute approximate surface area is 41.4 Å². The molecule has 0 unspecified atom stereocenters. The first-order valence-corrected chi connectivity index (χ1v) is 2.03.